The first kappa shape index (κ1) is 27.2. The van der Waals surface area contributed by atoms with Gasteiger partial charge in [0.25, 0.3) is 11.7 Å². The van der Waals surface area contributed by atoms with E-state index in [1.807, 2.05) is 13.0 Å². The topological polar surface area (TPSA) is 94.5 Å². The van der Waals surface area contributed by atoms with Gasteiger partial charge in [-0.2, -0.15) is 0 Å². The standard InChI is InChI=1S/C28H25Cl2NO7/c1-14-7-6-8-17(9-14)31-23(15-12-20(35-2)27(38-5)21(13-15)36-3)22(25(33)28(31)34)24(32)16-10-18(29)26(37-4)19(30)11-16/h6-13,23,32H,1-5H3/b24-22+. The number of hydrogen-bond donors (Lipinski definition) is 1. The number of ether oxygens (including phenoxy) is 4. The fourth-order valence-corrected chi connectivity index (χ4v) is 5.14. The van der Waals surface area contributed by atoms with Crippen molar-refractivity contribution in [2.24, 2.45) is 0 Å². The van der Waals surface area contributed by atoms with Crippen molar-refractivity contribution in [2.75, 3.05) is 33.3 Å². The number of carbonyl (C=O) groups excluding carboxylic acids is 2. The SMILES string of the molecule is COc1cc(C2/C(=C(\O)c3cc(Cl)c(OC)c(Cl)c3)C(=O)C(=O)N2c2cccc(C)c2)cc(OC)c1OC. The quantitative estimate of drug-likeness (QED) is 0.217. The van der Waals surface area contributed by atoms with Crippen LogP contribution >= 0.6 is 23.2 Å². The number of carbonyl (C=O) groups is 2. The van der Waals surface area contributed by atoms with E-state index in [1.165, 1.54) is 45.5 Å². The number of Topliss-reactive ketones (excluding diaryl/α,β-unsaturated/α-hetero) is 1. The van der Waals surface area contributed by atoms with Gasteiger partial charge in [-0.3, -0.25) is 14.5 Å². The molecule has 1 unspecified atom stereocenters. The van der Waals surface area contributed by atoms with Crippen molar-refractivity contribution < 1.29 is 33.6 Å². The Labute approximate surface area is 229 Å². The van der Waals surface area contributed by atoms with Crippen LogP contribution in [-0.2, 0) is 9.59 Å². The van der Waals surface area contributed by atoms with Crippen LogP contribution < -0.4 is 23.8 Å². The molecule has 0 aromatic heterocycles. The molecule has 0 saturated carbocycles. The third-order valence-corrected chi connectivity index (χ3v) is 6.76. The molecule has 10 heteroatoms. The van der Waals surface area contributed by atoms with Crippen LogP contribution in [-0.4, -0.2) is 45.2 Å². The molecular formula is C28H25Cl2NO7. The van der Waals surface area contributed by atoms with Crippen LogP contribution in [0.3, 0.4) is 0 Å². The Bertz CT molecular complexity index is 1420. The highest BCUT2D eigenvalue weighted by molar-refractivity contribution is 6.51. The van der Waals surface area contributed by atoms with Crippen molar-refractivity contribution in [3.8, 4) is 23.0 Å². The molecule has 1 amide bonds. The van der Waals surface area contributed by atoms with Crippen LogP contribution in [0, 0.1) is 6.92 Å². The van der Waals surface area contributed by atoms with E-state index in [1.54, 1.807) is 30.3 Å². The normalized spacial score (nSPS) is 16.5. The summed E-state index contributed by atoms with van der Waals surface area (Å²) in [7, 11) is 5.79. The summed E-state index contributed by atoms with van der Waals surface area (Å²) in [6, 6.07) is 12.2. The van der Waals surface area contributed by atoms with E-state index in [9.17, 15) is 14.7 Å². The molecule has 1 heterocycles. The van der Waals surface area contributed by atoms with Gasteiger partial charge < -0.3 is 24.1 Å². The highest BCUT2D eigenvalue weighted by atomic mass is 35.5. The Hall–Kier alpha value is -3.88. The monoisotopic (exact) mass is 557 g/mol. The molecule has 1 atom stereocenters. The Morgan fingerprint density at radius 3 is 1.92 bits per heavy atom. The number of methoxy groups -OCH3 is 4. The van der Waals surface area contributed by atoms with E-state index >= 15 is 0 Å². The van der Waals surface area contributed by atoms with Crippen molar-refractivity contribution in [3.63, 3.8) is 0 Å². The van der Waals surface area contributed by atoms with Crippen molar-refractivity contribution in [3.05, 3.63) is 80.8 Å². The second kappa shape index (κ2) is 10.8. The number of nitrogens with zero attached hydrogens (tertiary/aromatic N) is 1. The molecule has 1 saturated heterocycles. The molecule has 0 bridgehead atoms. The van der Waals surface area contributed by atoms with E-state index in [0.29, 0.717) is 28.5 Å². The maximum absolute atomic E-state index is 13.5. The largest absolute Gasteiger partial charge is 0.507 e. The molecule has 1 fully saturated rings. The van der Waals surface area contributed by atoms with Gasteiger partial charge in [-0.05, 0) is 54.4 Å². The number of amides is 1. The summed E-state index contributed by atoms with van der Waals surface area (Å²) in [6.07, 6.45) is 0. The summed E-state index contributed by atoms with van der Waals surface area (Å²) in [5.41, 5.74) is 1.76. The summed E-state index contributed by atoms with van der Waals surface area (Å²) in [5.74, 6) is -0.984. The number of ketones is 1. The predicted octanol–water partition coefficient (Wildman–Crippen LogP) is 5.96. The molecule has 0 aliphatic carbocycles. The lowest BCUT2D eigenvalue weighted by Gasteiger charge is -2.27. The first-order chi connectivity index (χ1) is 18.2. The number of aliphatic hydroxyl groups excluding tert-OH is 1. The average Bonchev–Trinajstić information content (AvgIpc) is 3.17. The van der Waals surface area contributed by atoms with Gasteiger partial charge in [-0.25, -0.2) is 0 Å². The third kappa shape index (κ3) is 4.61. The highest BCUT2D eigenvalue weighted by Gasteiger charge is 2.47. The Morgan fingerprint density at radius 2 is 1.42 bits per heavy atom. The molecule has 4 rings (SSSR count). The summed E-state index contributed by atoms with van der Waals surface area (Å²) in [4.78, 5) is 28.3. The lowest BCUT2D eigenvalue weighted by atomic mass is 9.94. The van der Waals surface area contributed by atoms with Crippen LogP contribution in [0.15, 0.2) is 54.1 Å². The zero-order valence-electron chi connectivity index (χ0n) is 21.3. The molecule has 1 aliphatic heterocycles. The number of aliphatic hydroxyl groups is 1. The van der Waals surface area contributed by atoms with Crippen molar-refractivity contribution >= 4 is 46.3 Å². The fraction of sp³-hybridized carbons (Fsp3) is 0.214. The van der Waals surface area contributed by atoms with Gasteiger partial charge in [-0.1, -0.05) is 35.3 Å². The van der Waals surface area contributed by atoms with Gasteiger partial charge in [0.15, 0.2) is 17.2 Å². The minimum absolute atomic E-state index is 0.124. The lowest BCUT2D eigenvalue weighted by Crippen LogP contribution is -2.29. The molecular weight excluding hydrogens is 533 g/mol. The van der Waals surface area contributed by atoms with E-state index < -0.39 is 23.5 Å². The predicted molar refractivity (Wildman–Crippen MR) is 145 cm³/mol. The Kier molecular flexibility index (Phi) is 7.76. The molecule has 8 nitrogen and oxygen atoms in total. The molecule has 3 aromatic rings. The maximum atomic E-state index is 13.5. The highest BCUT2D eigenvalue weighted by Crippen LogP contribution is 2.47. The number of hydrogen-bond acceptors (Lipinski definition) is 7. The zero-order chi connectivity index (χ0) is 27.7. The van der Waals surface area contributed by atoms with Crippen LogP contribution in [0.2, 0.25) is 10.0 Å². The molecule has 3 aromatic carbocycles. The van der Waals surface area contributed by atoms with Crippen LogP contribution in [0.4, 0.5) is 5.69 Å². The number of benzene rings is 3. The average molecular weight is 558 g/mol. The number of anilines is 1. The fourth-order valence-electron chi connectivity index (χ4n) is 4.50. The molecule has 38 heavy (non-hydrogen) atoms. The summed E-state index contributed by atoms with van der Waals surface area (Å²) < 4.78 is 21.6. The maximum Gasteiger partial charge on any atom is 0.300 e. The number of halogens is 2. The molecule has 0 radical (unpaired) electrons. The van der Waals surface area contributed by atoms with Crippen LogP contribution in [0.1, 0.15) is 22.7 Å². The van der Waals surface area contributed by atoms with Gasteiger partial charge in [-0.15, -0.1) is 0 Å². The van der Waals surface area contributed by atoms with E-state index in [0.717, 1.165) is 5.56 Å². The number of rotatable bonds is 7. The van der Waals surface area contributed by atoms with Crippen LogP contribution in [0.25, 0.3) is 5.76 Å². The second-order valence-corrected chi connectivity index (χ2v) is 9.25. The van der Waals surface area contributed by atoms with E-state index in [2.05, 4.69) is 0 Å². The van der Waals surface area contributed by atoms with E-state index in [4.69, 9.17) is 42.1 Å². The molecule has 1 aliphatic rings. The molecule has 198 valence electrons. The first-order valence-corrected chi connectivity index (χ1v) is 12.1. The second-order valence-electron chi connectivity index (χ2n) is 8.44. The van der Waals surface area contributed by atoms with E-state index in [-0.39, 0.29) is 26.9 Å². The van der Waals surface area contributed by atoms with Gasteiger partial charge >= 0.3 is 0 Å². The van der Waals surface area contributed by atoms with Crippen molar-refractivity contribution in [2.45, 2.75) is 13.0 Å². The van der Waals surface area contributed by atoms with Gasteiger partial charge in [0, 0.05) is 11.3 Å². The summed E-state index contributed by atoms with van der Waals surface area (Å²) in [5, 5.41) is 11.7. The number of aryl methyl sites for hydroxylation is 1. The summed E-state index contributed by atoms with van der Waals surface area (Å²) in [6.45, 7) is 1.87. The van der Waals surface area contributed by atoms with Gasteiger partial charge in [0.05, 0.1) is 50.1 Å². The minimum atomic E-state index is -1.05. The molecule has 0 spiro atoms. The Balaban J connectivity index is 2.04. The van der Waals surface area contributed by atoms with Gasteiger partial charge in [0.2, 0.25) is 5.75 Å². The van der Waals surface area contributed by atoms with Crippen molar-refractivity contribution in [1.82, 2.24) is 0 Å². The van der Waals surface area contributed by atoms with Crippen molar-refractivity contribution in [1.29, 1.82) is 0 Å². The minimum Gasteiger partial charge on any atom is -0.507 e. The Morgan fingerprint density at radius 1 is 0.842 bits per heavy atom. The molecule has 1 N–H and O–H groups in total. The zero-order valence-corrected chi connectivity index (χ0v) is 22.8. The van der Waals surface area contributed by atoms with Gasteiger partial charge in [0.1, 0.15) is 5.76 Å². The van der Waals surface area contributed by atoms with Crippen LogP contribution in [0.5, 0.6) is 23.0 Å². The third-order valence-electron chi connectivity index (χ3n) is 6.20. The summed E-state index contributed by atoms with van der Waals surface area (Å²) >= 11 is 12.6. The smallest absolute Gasteiger partial charge is 0.300 e. The lowest BCUT2D eigenvalue weighted by molar-refractivity contribution is -0.132. The first-order valence-electron chi connectivity index (χ1n) is 11.4.